The van der Waals surface area contributed by atoms with Crippen molar-refractivity contribution in [2.75, 3.05) is 32.1 Å². The minimum Gasteiger partial charge on any atom is -0.379 e. The average molecular weight is 204 g/mol. The molecule has 1 saturated heterocycles. The summed E-state index contributed by atoms with van der Waals surface area (Å²) < 4.78 is 7.50. The summed E-state index contributed by atoms with van der Waals surface area (Å²) in [5, 5.41) is 0. The van der Waals surface area contributed by atoms with Gasteiger partial charge in [0.05, 0.1) is 13.2 Å². The molecule has 0 aromatic heterocycles. The number of hydrogen-bond donors (Lipinski definition) is 1. The molecule has 2 N–H and O–H groups in total. The fourth-order valence-corrected chi connectivity index (χ4v) is 2.05. The predicted octanol–water partition coefficient (Wildman–Crippen LogP) is 0.232. The van der Waals surface area contributed by atoms with Gasteiger partial charge in [-0.25, -0.2) is 4.31 Å². The fraction of sp³-hybridized carbons (Fsp3) is 0.875. The molecule has 0 atom stereocenters. The Morgan fingerprint density at radius 3 is 2.77 bits per heavy atom. The van der Waals surface area contributed by atoms with Crippen LogP contribution in [0.25, 0.3) is 0 Å². The molecule has 4 nitrogen and oxygen atoms in total. The Bertz CT molecular complexity index is 160. The number of hydrogen-bond acceptors (Lipinski definition) is 4. The molecule has 13 heavy (non-hydrogen) atoms. The molecule has 1 heterocycles. The largest absolute Gasteiger partial charge is 0.379 e. The van der Waals surface area contributed by atoms with Crippen LogP contribution in [-0.4, -0.2) is 42.3 Å². The van der Waals surface area contributed by atoms with E-state index in [1.54, 1.807) is 11.9 Å². The van der Waals surface area contributed by atoms with Crippen LogP contribution in [0, 0.1) is 0 Å². The van der Waals surface area contributed by atoms with Gasteiger partial charge in [0.2, 0.25) is 5.91 Å². The molecule has 5 heteroatoms. The highest BCUT2D eigenvalue weighted by Crippen LogP contribution is 2.13. The van der Waals surface area contributed by atoms with Crippen LogP contribution in [0.3, 0.4) is 0 Å². The van der Waals surface area contributed by atoms with Gasteiger partial charge in [0.25, 0.3) is 0 Å². The minimum atomic E-state index is -0.206. The van der Waals surface area contributed by atoms with Gasteiger partial charge in [0.15, 0.2) is 0 Å². The molecule has 1 aliphatic heterocycles. The first kappa shape index (κ1) is 10.8. The molecule has 0 saturated carbocycles. The summed E-state index contributed by atoms with van der Waals surface area (Å²) in [4.78, 5) is 10.4. The summed E-state index contributed by atoms with van der Waals surface area (Å²) in [6.45, 7) is 3.62. The number of nitrogens with two attached hydrogens (primary N) is 1. The fourth-order valence-electron chi connectivity index (χ4n) is 1.12. The molecule has 0 radical (unpaired) electrons. The lowest BCUT2D eigenvalue weighted by atomic mass is 10.3. The molecular formula is C8H16N2O2S. The van der Waals surface area contributed by atoms with E-state index in [4.69, 9.17) is 10.5 Å². The van der Waals surface area contributed by atoms with E-state index in [0.29, 0.717) is 6.42 Å². The first-order valence-corrected chi connectivity index (χ1v) is 5.47. The summed E-state index contributed by atoms with van der Waals surface area (Å²) in [6.07, 6.45) is 1.37. The van der Waals surface area contributed by atoms with Crippen molar-refractivity contribution < 1.29 is 9.53 Å². The van der Waals surface area contributed by atoms with Crippen molar-refractivity contribution in [3.05, 3.63) is 0 Å². The predicted molar refractivity (Wildman–Crippen MR) is 53.3 cm³/mol. The second-order valence-corrected chi connectivity index (χ2v) is 4.13. The van der Waals surface area contributed by atoms with Crippen molar-refractivity contribution in [1.29, 1.82) is 0 Å². The van der Waals surface area contributed by atoms with Crippen LogP contribution < -0.4 is 5.73 Å². The van der Waals surface area contributed by atoms with Crippen molar-refractivity contribution in [3.63, 3.8) is 0 Å². The Labute approximate surface area is 82.9 Å². The summed E-state index contributed by atoms with van der Waals surface area (Å²) in [7, 11) is 0. The molecule has 0 unspecified atom stereocenters. The van der Waals surface area contributed by atoms with Crippen molar-refractivity contribution in [3.8, 4) is 0 Å². The zero-order chi connectivity index (χ0) is 9.52. The smallest absolute Gasteiger partial charge is 0.217 e. The molecule has 0 bridgehead atoms. The third-order valence-corrected chi connectivity index (χ3v) is 3.01. The third kappa shape index (κ3) is 5.13. The van der Waals surface area contributed by atoms with Gasteiger partial charge in [0, 0.05) is 25.3 Å². The summed E-state index contributed by atoms with van der Waals surface area (Å²) in [5.74, 6) is 0.769. The second kappa shape index (κ2) is 6.23. The van der Waals surface area contributed by atoms with Crippen molar-refractivity contribution in [2.45, 2.75) is 12.8 Å². The van der Waals surface area contributed by atoms with Gasteiger partial charge in [-0.05, 0) is 6.42 Å². The maximum absolute atomic E-state index is 10.4. The summed E-state index contributed by atoms with van der Waals surface area (Å²) in [5.41, 5.74) is 5.03. The van der Waals surface area contributed by atoms with Gasteiger partial charge >= 0.3 is 0 Å². The molecule has 1 aliphatic rings. The van der Waals surface area contributed by atoms with E-state index in [-0.39, 0.29) is 5.91 Å². The van der Waals surface area contributed by atoms with Crippen LogP contribution >= 0.6 is 11.9 Å². The van der Waals surface area contributed by atoms with Crippen LogP contribution in [0.4, 0.5) is 0 Å². The van der Waals surface area contributed by atoms with Crippen molar-refractivity contribution in [2.24, 2.45) is 5.73 Å². The zero-order valence-corrected chi connectivity index (χ0v) is 8.52. The van der Waals surface area contributed by atoms with Gasteiger partial charge in [-0.3, -0.25) is 4.79 Å². The Kier molecular flexibility index (Phi) is 5.19. The number of carbonyl (C=O) groups is 1. The maximum Gasteiger partial charge on any atom is 0.217 e. The normalized spacial score (nSPS) is 18.8. The Hall–Kier alpha value is -0.260. The highest BCUT2D eigenvalue weighted by Gasteiger charge is 2.09. The average Bonchev–Trinajstić information content (AvgIpc) is 2.14. The molecule has 1 fully saturated rings. The lowest BCUT2D eigenvalue weighted by molar-refractivity contribution is -0.118. The molecule has 1 amide bonds. The maximum atomic E-state index is 10.4. The molecule has 0 aromatic carbocycles. The monoisotopic (exact) mass is 204 g/mol. The number of amides is 1. The Morgan fingerprint density at radius 2 is 2.15 bits per heavy atom. The highest BCUT2D eigenvalue weighted by molar-refractivity contribution is 7.97. The quantitative estimate of drug-likeness (QED) is 0.514. The molecule has 1 rings (SSSR count). The van der Waals surface area contributed by atoms with Crippen molar-refractivity contribution >= 4 is 17.9 Å². The Morgan fingerprint density at radius 1 is 1.46 bits per heavy atom. The number of nitrogens with zero attached hydrogens (tertiary/aromatic N) is 1. The Balaban J connectivity index is 1.95. The van der Waals surface area contributed by atoms with Gasteiger partial charge in [-0.15, -0.1) is 0 Å². The standard InChI is InChI=1S/C8H16N2O2S/c9-8(11)2-1-7-13-10-3-5-12-6-4-10/h1-7H2,(H2,9,11). The molecular weight excluding hydrogens is 188 g/mol. The van der Waals surface area contributed by atoms with Crippen LogP contribution in [0.5, 0.6) is 0 Å². The SMILES string of the molecule is NC(=O)CCCSN1CCOCC1. The molecule has 0 spiro atoms. The topological polar surface area (TPSA) is 55.6 Å². The lowest BCUT2D eigenvalue weighted by Gasteiger charge is -2.25. The van der Waals surface area contributed by atoms with E-state index in [1.807, 2.05) is 0 Å². The number of carbonyl (C=O) groups excluding carboxylic acids is 1. The van der Waals surface area contributed by atoms with E-state index in [2.05, 4.69) is 4.31 Å². The number of rotatable bonds is 5. The first-order chi connectivity index (χ1) is 6.29. The summed E-state index contributed by atoms with van der Waals surface area (Å²) >= 11 is 1.78. The molecule has 0 aliphatic carbocycles. The first-order valence-electron chi connectivity index (χ1n) is 4.53. The van der Waals surface area contributed by atoms with Gasteiger partial charge in [-0.2, -0.15) is 0 Å². The van der Waals surface area contributed by atoms with Gasteiger partial charge < -0.3 is 10.5 Å². The van der Waals surface area contributed by atoms with E-state index in [9.17, 15) is 4.79 Å². The van der Waals surface area contributed by atoms with Crippen molar-refractivity contribution in [1.82, 2.24) is 4.31 Å². The number of primary amides is 1. The van der Waals surface area contributed by atoms with E-state index in [0.717, 1.165) is 38.5 Å². The minimum absolute atomic E-state index is 0.206. The highest BCUT2D eigenvalue weighted by atomic mass is 32.2. The van der Waals surface area contributed by atoms with Gasteiger partial charge in [0.1, 0.15) is 0 Å². The molecule has 0 aromatic rings. The number of morpholine rings is 1. The number of ether oxygens (including phenoxy) is 1. The third-order valence-electron chi connectivity index (χ3n) is 1.81. The molecule has 76 valence electrons. The van der Waals surface area contributed by atoms with E-state index < -0.39 is 0 Å². The van der Waals surface area contributed by atoms with Crippen LogP contribution in [0.1, 0.15) is 12.8 Å². The zero-order valence-electron chi connectivity index (χ0n) is 7.70. The lowest BCUT2D eigenvalue weighted by Crippen LogP contribution is -2.31. The van der Waals surface area contributed by atoms with Crippen LogP contribution in [-0.2, 0) is 9.53 Å². The van der Waals surface area contributed by atoms with Crippen LogP contribution in [0.2, 0.25) is 0 Å². The van der Waals surface area contributed by atoms with E-state index >= 15 is 0 Å². The van der Waals surface area contributed by atoms with Gasteiger partial charge in [-0.1, -0.05) is 11.9 Å². The summed E-state index contributed by atoms with van der Waals surface area (Å²) in [6, 6.07) is 0. The second-order valence-electron chi connectivity index (χ2n) is 2.94. The van der Waals surface area contributed by atoms with E-state index in [1.165, 1.54) is 0 Å². The van der Waals surface area contributed by atoms with Crippen LogP contribution in [0.15, 0.2) is 0 Å².